The van der Waals surface area contributed by atoms with Crippen molar-refractivity contribution in [1.29, 1.82) is 0 Å². The van der Waals surface area contributed by atoms with Crippen LogP contribution in [0.4, 0.5) is 0 Å². The third-order valence-electron chi connectivity index (χ3n) is 8.57. The summed E-state index contributed by atoms with van der Waals surface area (Å²) >= 11 is 0. The van der Waals surface area contributed by atoms with Gasteiger partial charge in [0.05, 0.1) is 5.41 Å². The second-order valence-electron chi connectivity index (χ2n) is 9.85. The Labute approximate surface area is 164 Å². The lowest BCUT2D eigenvalue weighted by Crippen LogP contribution is -2.49. The summed E-state index contributed by atoms with van der Waals surface area (Å²) in [5.74, 6) is 1.53. The number of nitrogens with zero attached hydrogens (tertiary/aromatic N) is 2. The van der Waals surface area contributed by atoms with Gasteiger partial charge in [0.2, 0.25) is 11.8 Å². The van der Waals surface area contributed by atoms with Crippen molar-refractivity contribution in [2.45, 2.75) is 64.7 Å². The van der Waals surface area contributed by atoms with Crippen LogP contribution in [0.5, 0.6) is 0 Å². The molecule has 4 aliphatic rings. The number of carbonyl (C=O) groups is 2. The van der Waals surface area contributed by atoms with Crippen LogP contribution >= 0.6 is 0 Å². The van der Waals surface area contributed by atoms with Crippen molar-refractivity contribution < 1.29 is 9.59 Å². The van der Waals surface area contributed by atoms with E-state index < -0.39 is 0 Å². The number of hydrogen-bond acceptors (Lipinski definition) is 3. The molecule has 0 radical (unpaired) electrons. The zero-order chi connectivity index (χ0) is 19.1. The van der Waals surface area contributed by atoms with Gasteiger partial charge in [-0.1, -0.05) is 19.3 Å². The molecule has 2 amide bonds. The molecule has 0 bridgehead atoms. The maximum absolute atomic E-state index is 12.9. The van der Waals surface area contributed by atoms with Gasteiger partial charge >= 0.3 is 0 Å². The molecule has 5 heteroatoms. The molecule has 4 rings (SSSR count). The first kappa shape index (κ1) is 19.2. The second kappa shape index (κ2) is 7.38. The average Bonchev–Trinajstić information content (AvgIpc) is 3.22. The molecule has 0 aromatic rings. The lowest BCUT2D eigenvalue weighted by molar-refractivity contribution is -0.133. The third kappa shape index (κ3) is 3.30. The summed E-state index contributed by atoms with van der Waals surface area (Å²) in [6.07, 6.45) is 11.6. The van der Waals surface area contributed by atoms with Crippen LogP contribution in [0.15, 0.2) is 0 Å². The Morgan fingerprint density at radius 3 is 2.37 bits per heavy atom. The smallest absolute Gasteiger partial charge is 0.228 e. The molecule has 2 saturated carbocycles. The van der Waals surface area contributed by atoms with Crippen molar-refractivity contribution in [2.24, 2.45) is 22.7 Å². The zero-order valence-corrected chi connectivity index (χ0v) is 17.3. The van der Waals surface area contributed by atoms with Gasteiger partial charge in [-0.3, -0.25) is 9.59 Å². The number of carbonyl (C=O) groups excluding carboxylic acids is 2. The van der Waals surface area contributed by atoms with Crippen molar-refractivity contribution in [3.8, 4) is 0 Å². The quantitative estimate of drug-likeness (QED) is 0.825. The average molecular weight is 376 g/mol. The zero-order valence-electron chi connectivity index (χ0n) is 17.3. The number of likely N-dealkylation sites (tertiary alicyclic amines) is 2. The third-order valence-corrected chi connectivity index (χ3v) is 8.57. The topological polar surface area (TPSA) is 52.7 Å². The van der Waals surface area contributed by atoms with Crippen LogP contribution in [-0.2, 0) is 9.59 Å². The highest BCUT2D eigenvalue weighted by molar-refractivity contribution is 5.85. The SMILES string of the molecule is CNC(=O)[C@@]12CCC3(CCN(CC4CCCCC4)CC3)[C@@H]1CN(C(C)=O)C2. The Balaban J connectivity index is 1.44. The van der Waals surface area contributed by atoms with Gasteiger partial charge in [-0.15, -0.1) is 0 Å². The van der Waals surface area contributed by atoms with Crippen LogP contribution in [-0.4, -0.2) is 61.4 Å². The largest absolute Gasteiger partial charge is 0.359 e. The van der Waals surface area contributed by atoms with Crippen LogP contribution < -0.4 is 5.32 Å². The first-order valence-corrected chi connectivity index (χ1v) is 11.2. The molecule has 2 saturated heterocycles. The molecular weight excluding hydrogens is 338 g/mol. The molecule has 4 fully saturated rings. The van der Waals surface area contributed by atoms with Crippen molar-refractivity contribution in [3.05, 3.63) is 0 Å². The molecule has 0 aromatic carbocycles. The summed E-state index contributed by atoms with van der Waals surface area (Å²) in [7, 11) is 1.75. The molecular formula is C22H37N3O2. The van der Waals surface area contributed by atoms with Gasteiger partial charge in [0.25, 0.3) is 0 Å². The predicted octanol–water partition coefficient (Wildman–Crippen LogP) is 2.65. The summed E-state index contributed by atoms with van der Waals surface area (Å²) in [6, 6.07) is 0. The van der Waals surface area contributed by atoms with Gasteiger partial charge in [0, 0.05) is 33.6 Å². The number of nitrogens with one attached hydrogen (secondary N) is 1. The van der Waals surface area contributed by atoms with Gasteiger partial charge in [-0.05, 0) is 68.9 Å². The van der Waals surface area contributed by atoms with E-state index in [1.807, 2.05) is 4.90 Å². The van der Waals surface area contributed by atoms with E-state index in [-0.39, 0.29) is 22.6 Å². The summed E-state index contributed by atoms with van der Waals surface area (Å²) < 4.78 is 0. The molecule has 5 nitrogen and oxygen atoms in total. The van der Waals surface area contributed by atoms with E-state index in [0.717, 1.165) is 25.3 Å². The van der Waals surface area contributed by atoms with E-state index in [1.165, 1.54) is 64.6 Å². The van der Waals surface area contributed by atoms with Crippen LogP contribution in [0.2, 0.25) is 0 Å². The van der Waals surface area contributed by atoms with E-state index in [0.29, 0.717) is 12.5 Å². The highest BCUT2D eigenvalue weighted by atomic mass is 16.2. The molecule has 2 aliphatic heterocycles. The summed E-state index contributed by atoms with van der Waals surface area (Å²) in [5, 5.41) is 2.93. The van der Waals surface area contributed by atoms with Crippen LogP contribution in [0.1, 0.15) is 64.7 Å². The Bertz CT molecular complexity index is 578. The van der Waals surface area contributed by atoms with E-state index in [1.54, 1.807) is 14.0 Å². The molecule has 152 valence electrons. The van der Waals surface area contributed by atoms with Crippen LogP contribution in [0.25, 0.3) is 0 Å². The Morgan fingerprint density at radius 2 is 1.74 bits per heavy atom. The van der Waals surface area contributed by atoms with E-state index in [4.69, 9.17) is 0 Å². The molecule has 0 aromatic heterocycles. The van der Waals surface area contributed by atoms with Gasteiger partial charge in [-0.2, -0.15) is 0 Å². The van der Waals surface area contributed by atoms with E-state index >= 15 is 0 Å². The summed E-state index contributed by atoms with van der Waals surface area (Å²) in [4.78, 5) is 29.6. The molecule has 2 atom stereocenters. The van der Waals surface area contributed by atoms with Crippen LogP contribution in [0, 0.1) is 22.7 Å². The molecule has 1 spiro atoms. The maximum atomic E-state index is 12.9. The van der Waals surface area contributed by atoms with Gasteiger partial charge in [0.1, 0.15) is 0 Å². The first-order valence-electron chi connectivity index (χ1n) is 11.2. The minimum absolute atomic E-state index is 0.123. The summed E-state index contributed by atoms with van der Waals surface area (Å²) in [5.41, 5.74) is -0.0776. The number of piperidine rings is 1. The van der Waals surface area contributed by atoms with Crippen molar-refractivity contribution in [2.75, 3.05) is 39.8 Å². The predicted molar refractivity (Wildman–Crippen MR) is 106 cm³/mol. The molecule has 0 unspecified atom stereocenters. The Kier molecular flexibility index (Phi) is 5.26. The minimum atomic E-state index is -0.341. The Hall–Kier alpha value is -1.10. The van der Waals surface area contributed by atoms with Gasteiger partial charge in [0.15, 0.2) is 0 Å². The molecule has 2 heterocycles. The molecule has 2 aliphatic carbocycles. The fourth-order valence-electron chi connectivity index (χ4n) is 6.94. The Morgan fingerprint density at radius 1 is 1.04 bits per heavy atom. The van der Waals surface area contributed by atoms with Crippen molar-refractivity contribution in [1.82, 2.24) is 15.1 Å². The standard InChI is InChI=1S/C22H37N3O2/c1-17(26)25-15-19-21(8-9-22(19,16-25)20(27)23-2)10-12-24(13-11-21)14-18-6-4-3-5-7-18/h18-19H,3-16H2,1-2H3,(H,23,27)/t19-,22+/m0/s1. The number of amides is 2. The second-order valence-corrected chi connectivity index (χ2v) is 9.85. The lowest BCUT2D eigenvalue weighted by atomic mass is 9.65. The highest BCUT2D eigenvalue weighted by Crippen LogP contribution is 2.62. The molecule has 1 N–H and O–H groups in total. The van der Waals surface area contributed by atoms with E-state index in [2.05, 4.69) is 10.2 Å². The fraction of sp³-hybridized carbons (Fsp3) is 0.909. The first-order chi connectivity index (χ1) is 13.0. The normalized spacial score (nSPS) is 34.0. The van der Waals surface area contributed by atoms with E-state index in [9.17, 15) is 9.59 Å². The van der Waals surface area contributed by atoms with Crippen molar-refractivity contribution in [3.63, 3.8) is 0 Å². The number of hydrogen-bond donors (Lipinski definition) is 1. The summed E-state index contributed by atoms with van der Waals surface area (Å²) in [6.45, 7) is 6.69. The number of rotatable bonds is 3. The van der Waals surface area contributed by atoms with Gasteiger partial charge < -0.3 is 15.1 Å². The van der Waals surface area contributed by atoms with Crippen LogP contribution in [0.3, 0.4) is 0 Å². The maximum Gasteiger partial charge on any atom is 0.228 e. The minimum Gasteiger partial charge on any atom is -0.359 e. The molecule has 27 heavy (non-hydrogen) atoms. The van der Waals surface area contributed by atoms with Crippen molar-refractivity contribution >= 4 is 11.8 Å². The number of fused-ring (bicyclic) bond motifs is 2. The van der Waals surface area contributed by atoms with Gasteiger partial charge in [-0.25, -0.2) is 0 Å². The monoisotopic (exact) mass is 375 g/mol. The fourth-order valence-corrected chi connectivity index (χ4v) is 6.94. The highest BCUT2D eigenvalue weighted by Gasteiger charge is 2.64. The lowest BCUT2D eigenvalue weighted by Gasteiger charge is -2.45.